The van der Waals surface area contributed by atoms with Gasteiger partial charge in [-0.25, -0.2) is 4.79 Å². The van der Waals surface area contributed by atoms with Crippen LogP contribution in [0.5, 0.6) is 5.75 Å². The minimum atomic E-state index is -0.595. The molecule has 1 aromatic rings. The topological polar surface area (TPSA) is 91.0 Å². The van der Waals surface area contributed by atoms with Crippen molar-refractivity contribution in [1.82, 2.24) is 15.1 Å². The van der Waals surface area contributed by atoms with Crippen molar-refractivity contribution in [3.05, 3.63) is 24.3 Å². The summed E-state index contributed by atoms with van der Waals surface area (Å²) in [5.41, 5.74) is 0.601. The lowest BCUT2D eigenvalue weighted by Crippen LogP contribution is -2.67. The summed E-state index contributed by atoms with van der Waals surface area (Å²) in [6, 6.07) is 5.37. The van der Waals surface area contributed by atoms with Gasteiger partial charge in [-0.15, -0.1) is 0 Å². The lowest BCUT2D eigenvalue weighted by atomic mass is 9.95. The van der Waals surface area contributed by atoms with Gasteiger partial charge in [-0.2, -0.15) is 0 Å². The Morgan fingerprint density at radius 1 is 1.11 bits per heavy atom. The Hall–Kier alpha value is -2.77. The summed E-state index contributed by atoms with van der Waals surface area (Å²) in [4.78, 5) is 41.5. The number of carbonyl (C=O) groups excluding carboxylic acids is 3. The van der Waals surface area contributed by atoms with Gasteiger partial charge in [0.25, 0.3) is 0 Å². The molecule has 3 aliphatic rings. The summed E-state index contributed by atoms with van der Waals surface area (Å²) in [5, 5.41) is 5.64. The van der Waals surface area contributed by atoms with Gasteiger partial charge in [0.2, 0.25) is 11.8 Å². The van der Waals surface area contributed by atoms with Crippen LogP contribution in [-0.4, -0.2) is 66.0 Å². The molecular weight excluding hydrogens is 348 g/mol. The van der Waals surface area contributed by atoms with Crippen molar-refractivity contribution >= 4 is 23.5 Å². The number of carbonyl (C=O) groups is 3. The lowest BCUT2D eigenvalue weighted by Gasteiger charge is -2.45. The fraction of sp³-hybridized carbons (Fsp3) is 0.526. The first kappa shape index (κ1) is 17.6. The third kappa shape index (κ3) is 3.20. The number of piperidine rings is 1. The van der Waals surface area contributed by atoms with Crippen LogP contribution < -0.4 is 15.4 Å². The quantitative estimate of drug-likeness (QED) is 0.834. The zero-order valence-corrected chi connectivity index (χ0v) is 15.3. The van der Waals surface area contributed by atoms with Crippen LogP contribution in [0.3, 0.4) is 0 Å². The molecule has 4 amide bonds. The van der Waals surface area contributed by atoms with E-state index in [4.69, 9.17) is 4.74 Å². The minimum Gasteiger partial charge on any atom is -0.497 e. The van der Waals surface area contributed by atoms with Crippen LogP contribution in [0.1, 0.15) is 25.7 Å². The molecule has 0 aromatic heterocycles. The smallest absolute Gasteiger partial charge is 0.319 e. The molecule has 8 heteroatoms. The van der Waals surface area contributed by atoms with Crippen molar-refractivity contribution in [2.45, 2.75) is 43.8 Å². The fourth-order valence-corrected chi connectivity index (χ4v) is 4.35. The number of hydrogen-bond donors (Lipinski definition) is 2. The zero-order chi connectivity index (χ0) is 19.0. The summed E-state index contributed by atoms with van der Waals surface area (Å²) in [6.07, 6.45) is 3.22. The highest BCUT2D eigenvalue weighted by Crippen LogP contribution is 2.31. The first-order valence-electron chi connectivity index (χ1n) is 9.41. The van der Waals surface area contributed by atoms with Crippen LogP contribution in [0.15, 0.2) is 24.3 Å². The zero-order valence-electron chi connectivity index (χ0n) is 15.3. The van der Waals surface area contributed by atoms with Crippen LogP contribution in [0.2, 0.25) is 0 Å². The monoisotopic (exact) mass is 372 g/mol. The molecule has 0 saturated carbocycles. The first-order valence-corrected chi connectivity index (χ1v) is 9.41. The van der Waals surface area contributed by atoms with E-state index in [1.807, 2.05) is 0 Å². The molecule has 27 heavy (non-hydrogen) atoms. The molecule has 0 spiro atoms. The number of nitrogens with one attached hydrogen (secondary N) is 2. The standard InChI is InChI=1S/C19H24N4O4/c1-27-13-6-4-5-12(11-13)20-19(26)21-14-8-10-23-16(14)18(25)22-9-3-2-7-15(22)17(23)24/h4-6,11,14-16H,2-3,7-10H2,1H3,(H2,20,21,26). The first-order chi connectivity index (χ1) is 13.1. The highest BCUT2D eigenvalue weighted by atomic mass is 16.5. The Bertz CT molecular complexity index is 768. The molecule has 3 fully saturated rings. The molecule has 3 heterocycles. The van der Waals surface area contributed by atoms with Crippen LogP contribution in [0.25, 0.3) is 0 Å². The Labute approximate surface area is 157 Å². The Balaban J connectivity index is 1.44. The molecule has 0 aliphatic carbocycles. The van der Waals surface area contributed by atoms with Gasteiger partial charge in [0.1, 0.15) is 17.8 Å². The molecule has 2 N–H and O–H groups in total. The van der Waals surface area contributed by atoms with Crippen molar-refractivity contribution in [3.8, 4) is 5.75 Å². The summed E-state index contributed by atoms with van der Waals surface area (Å²) >= 11 is 0. The minimum absolute atomic E-state index is 0.0248. The summed E-state index contributed by atoms with van der Waals surface area (Å²) in [5.74, 6) is 0.629. The van der Waals surface area contributed by atoms with Gasteiger partial charge >= 0.3 is 6.03 Å². The van der Waals surface area contributed by atoms with E-state index in [1.165, 1.54) is 0 Å². The normalized spacial score (nSPS) is 27.1. The van der Waals surface area contributed by atoms with E-state index in [-0.39, 0.29) is 23.9 Å². The molecule has 4 rings (SSSR count). The molecule has 3 aliphatic heterocycles. The third-order valence-electron chi connectivity index (χ3n) is 5.65. The van der Waals surface area contributed by atoms with Gasteiger partial charge < -0.3 is 25.2 Å². The maximum absolute atomic E-state index is 13.0. The van der Waals surface area contributed by atoms with Gasteiger partial charge in [0.15, 0.2) is 0 Å². The van der Waals surface area contributed by atoms with Gasteiger partial charge in [0, 0.05) is 24.8 Å². The Kier molecular flexibility index (Phi) is 4.63. The van der Waals surface area contributed by atoms with Gasteiger partial charge in [-0.05, 0) is 37.8 Å². The maximum atomic E-state index is 13.0. The van der Waals surface area contributed by atoms with E-state index in [0.29, 0.717) is 30.9 Å². The van der Waals surface area contributed by atoms with Gasteiger partial charge in [-0.3, -0.25) is 9.59 Å². The van der Waals surface area contributed by atoms with E-state index in [0.717, 1.165) is 19.3 Å². The number of rotatable bonds is 3. The number of benzene rings is 1. The number of amides is 4. The maximum Gasteiger partial charge on any atom is 0.319 e. The number of fused-ring (bicyclic) bond motifs is 2. The third-order valence-corrected chi connectivity index (χ3v) is 5.65. The number of piperazine rings is 1. The number of ether oxygens (including phenoxy) is 1. The predicted molar refractivity (Wildman–Crippen MR) is 98.4 cm³/mol. The van der Waals surface area contributed by atoms with Crippen LogP contribution in [0.4, 0.5) is 10.5 Å². The van der Waals surface area contributed by atoms with Crippen molar-refractivity contribution < 1.29 is 19.1 Å². The molecule has 3 atom stereocenters. The SMILES string of the molecule is COc1cccc(NC(=O)NC2CCN3C(=O)C4CCCCN4C(=O)C23)c1. The molecule has 0 radical (unpaired) electrons. The van der Waals surface area contributed by atoms with E-state index < -0.39 is 12.1 Å². The molecule has 3 saturated heterocycles. The second-order valence-electron chi connectivity index (χ2n) is 7.25. The van der Waals surface area contributed by atoms with E-state index in [9.17, 15) is 14.4 Å². The second kappa shape index (κ2) is 7.09. The summed E-state index contributed by atoms with van der Waals surface area (Å²) in [7, 11) is 1.56. The molecule has 144 valence electrons. The molecular formula is C19H24N4O4. The van der Waals surface area contributed by atoms with Gasteiger partial charge in [0.05, 0.1) is 13.2 Å². The average molecular weight is 372 g/mol. The van der Waals surface area contributed by atoms with Gasteiger partial charge in [-0.1, -0.05) is 6.07 Å². The van der Waals surface area contributed by atoms with E-state index in [1.54, 1.807) is 41.2 Å². The number of hydrogen-bond acceptors (Lipinski definition) is 4. The number of urea groups is 1. The lowest BCUT2D eigenvalue weighted by molar-refractivity contribution is -0.161. The molecule has 1 aromatic carbocycles. The highest BCUT2D eigenvalue weighted by Gasteiger charge is 2.52. The van der Waals surface area contributed by atoms with Crippen molar-refractivity contribution in [3.63, 3.8) is 0 Å². The number of anilines is 1. The van der Waals surface area contributed by atoms with Crippen LogP contribution in [-0.2, 0) is 9.59 Å². The number of methoxy groups -OCH3 is 1. The Morgan fingerprint density at radius 2 is 1.96 bits per heavy atom. The molecule has 8 nitrogen and oxygen atoms in total. The molecule has 3 unspecified atom stereocenters. The van der Waals surface area contributed by atoms with Crippen LogP contribution >= 0.6 is 0 Å². The van der Waals surface area contributed by atoms with Crippen molar-refractivity contribution in [2.75, 3.05) is 25.5 Å². The summed E-state index contributed by atoms with van der Waals surface area (Å²) in [6.45, 7) is 1.13. The van der Waals surface area contributed by atoms with Crippen molar-refractivity contribution in [2.24, 2.45) is 0 Å². The molecule has 0 bridgehead atoms. The van der Waals surface area contributed by atoms with Crippen LogP contribution in [0, 0.1) is 0 Å². The summed E-state index contributed by atoms with van der Waals surface area (Å²) < 4.78 is 5.15. The Morgan fingerprint density at radius 3 is 2.78 bits per heavy atom. The number of nitrogens with zero attached hydrogens (tertiary/aromatic N) is 2. The highest BCUT2D eigenvalue weighted by molar-refractivity contribution is 5.99. The van der Waals surface area contributed by atoms with E-state index in [2.05, 4.69) is 10.6 Å². The largest absolute Gasteiger partial charge is 0.497 e. The predicted octanol–water partition coefficient (Wildman–Crippen LogP) is 1.18. The second-order valence-corrected chi connectivity index (χ2v) is 7.25. The van der Waals surface area contributed by atoms with Crippen molar-refractivity contribution in [1.29, 1.82) is 0 Å². The van der Waals surface area contributed by atoms with E-state index >= 15 is 0 Å². The average Bonchev–Trinajstić information content (AvgIpc) is 3.10. The fourth-order valence-electron chi connectivity index (χ4n) is 4.35.